The van der Waals surface area contributed by atoms with E-state index in [0.717, 1.165) is 6.42 Å². The van der Waals surface area contributed by atoms with Crippen LogP contribution in [0.2, 0.25) is 0 Å². The highest BCUT2D eigenvalue weighted by atomic mass is 15.0. The summed E-state index contributed by atoms with van der Waals surface area (Å²) in [5.74, 6) is 0.483. The Morgan fingerprint density at radius 3 is 2.08 bits per heavy atom. The first kappa shape index (κ1) is 17.1. The lowest BCUT2D eigenvalue weighted by Gasteiger charge is -2.31. The summed E-state index contributed by atoms with van der Waals surface area (Å²) in [7, 11) is 0. The van der Waals surface area contributed by atoms with Crippen molar-refractivity contribution in [1.82, 2.24) is 5.32 Å². The van der Waals surface area contributed by atoms with Crippen molar-refractivity contribution >= 4 is 0 Å². The zero-order chi connectivity index (χ0) is 18.1. The zero-order valence-corrected chi connectivity index (χ0v) is 15.9. The third kappa shape index (κ3) is 3.45. The van der Waals surface area contributed by atoms with Crippen LogP contribution < -0.4 is 5.32 Å². The van der Waals surface area contributed by atoms with E-state index in [9.17, 15) is 0 Å². The van der Waals surface area contributed by atoms with Crippen LogP contribution in [0.4, 0.5) is 0 Å². The first-order chi connectivity index (χ1) is 12.5. The highest BCUT2D eigenvalue weighted by Crippen LogP contribution is 2.44. The Labute approximate surface area is 157 Å². The van der Waals surface area contributed by atoms with Crippen molar-refractivity contribution < 1.29 is 0 Å². The Balaban J connectivity index is 1.76. The van der Waals surface area contributed by atoms with E-state index in [-0.39, 0.29) is 5.54 Å². The van der Waals surface area contributed by atoms with E-state index in [2.05, 4.69) is 105 Å². The largest absolute Gasteiger partial charge is 0.305 e. The molecule has 0 aliphatic heterocycles. The smallest absolute Gasteiger partial charge is 0.0399 e. The first-order valence-corrected chi connectivity index (χ1v) is 9.52. The minimum Gasteiger partial charge on any atom is -0.305 e. The van der Waals surface area contributed by atoms with Gasteiger partial charge in [0.05, 0.1) is 0 Å². The topological polar surface area (TPSA) is 12.0 Å². The quantitative estimate of drug-likeness (QED) is 0.605. The van der Waals surface area contributed by atoms with Crippen LogP contribution in [0.15, 0.2) is 78.9 Å². The van der Waals surface area contributed by atoms with Gasteiger partial charge in [-0.25, -0.2) is 0 Å². The fraction of sp³-hybridized carbons (Fsp3) is 0.280. The number of hydrogen-bond acceptors (Lipinski definition) is 1. The maximum atomic E-state index is 3.90. The molecule has 0 radical (unpaired) electrons. The van der Waals surface area contributed by atoms with Gasteiger partial charge in [0.1, 0.15) is 0 Å². The molecule has 0 bridgehead atoms. The minimum absolute atomic E-state index is 0.0715. The van der Waals surface area contributed by atoms with Gasteiger partial charge in [0.25, 0.3) is 0 Å². The Hall–Kier alpha value is -2.38. The second-order valence-electron chi connectivity index (χ2n) is 8.37. The second-order valence-corrected chi connectivity index (χ2v) is 8.37. The van der Waals surface area contributed by atoms with E-state index in [1.54, 1.807) is 0 Å². The van der Waals surface area contributed by atoms with Crippen LogP contribution in [0.25, 0.3) is 11.1 Å². The molecule has 1 aliphatic rings. The molecule has 0 heterocycles. The van der Waals surface area contributed by atoms with Crippen molar-refractivity contribution in [3.8, 4) is 11.1 Å². The van der Waals surface area contributed by atoms with Gasteiger partial charge in [-0.2, -0.15) is 0 Å². The van der Waals surface area contributed by atoms with Crippen LogP contribution in [0.5, 0.6) is 0 Å². The zero-order valence-electron chi connectivity index (χ0n) is 15.9. The average Bonchev–Trinajstić information content (AvgIpc) is 2.99. The molecule has 2 atom stereocenters. The molecule has 3 aromatic rings. The average molecular weight is 341 g/mol. The van der Waals surface area contributed by atoms with E-state index in [4.69, 9.17) is 0 Å². The van der Waals surface area contributed by atoms with Gasteiger partial charge in [0.2, 0.25) is 0 Å². The predicted octanol–water partition coefficient (Wildman–Crippen LogP) is 6.12. The summed E-state index contributed by atoms with van der Waals surface area (Å²) >= 11 is 0. The lowest BCUT2D eigenvalue weighted by Crippen LogP contribution is -2.40. The van der Waals surface area contributed by atoms with Gasteiger partial charge in [-0.3, -0.25) is 0 Å². The van der Waals surface area contributed by atoms with Crippen LogP contribution in [-0.2, 0) is 6.42 Å². The number of fused-ring (bicyclic) bond motifs is 1. The summed E-state index contributed by atoms with van der Waals surface area (Å²) in [5.41, 5.74) is 7.01. The van der Waals surface area contributed by atoms with Gasteiger partial charge in [-0.15, -0.1) is 0 Å². The Morgan fingerprint density at radius 1 is 0.769 bits per heavy atom. The first-order valence-electron chi connectivity index (χ1n) is 9.52. The van der Waals surface area contributed by atoms with Gasteiger partial charge >= 0.3 is 0 Å². The number of nitrogens with one attached hydrogen (secondary N) is 1. The molecule has 0 amide bonds. The summed E-state index contributed by atoms with van der Waals surface area (Å²) in [6, 6.07) is 29.0. The second kappa shape index (κ2) is 6.74. The monoisotopic (exact) mass is 341 g/mol. The van der Waals surface area contributed by atoms with E-state index in [0.29, 0.717) is 12.0 Å². The molecule has 0 fully saturated rings. The lowest BCUT2D eigenvalue weighted by molar-refractivity contribution is 0.340. The highest BCUT2D eigenvalue weighted by molar-refractivity contribution is 5.66. The molecule has 1 nitrogen and oxygen atoms in total. The number of rotatable bonds is 3. The van der Waals surface area contributed by atoms with Gasteiger partial charge in [0, 0.05) is 17.5 Å². The van der Waals surface area contributed by atoms with E-state index in [1.165, 1.54) is 27.8 Å². The molecular formula is C25H27N. The summed E-state index contributed by atoms with van der Waals surface area (Å²) in [4.78, 5) is 0. The summed E-state index contributed by atoms with van der Waals surface area (Å²) in [6.07, 6.45) is 1.10. The SMILES string of the molecule is CC(C)(C)N[C@@H]1c2cc(-c3ccccc3)ccc2C[C@@H]1c1ccccc1. The molecule has 1 heteroatoms. The third-order valence-electron chi connectivity index (χ3n) is 5.25. The molecule has 0 spiro atoms. The molecule has 0 saturated carbocycles. The van der Waals surface area contributed by atoms with Gasteiger partial charge in [0.15, 0.2) is 0 Å². The molecule has 0 unspecified atom stereocenters. The molecule has 132 valence electrons. The molecule has 1 N–H and O–H groups in total. The Morgan fingerprint density at radius 2 is 1.42 bits per heavy atom. The Kier molecular flexibility index (Phi) is 4.42. The molecule has 0 aromatic heterocycles. The minimum atomic E-state index is 0.0715. The summed E-state index contributed by atoms with van der Waals surface area (Å²) in [6.45, 7) is 6.77. The lowest BCUT2D eigenvalue weighted by atomic mass is 9.90. The third-order valence-corrected chi connectivity index (χ3v) is 5.25. The highest BCUT2D eigenvalue weighted by Gasteiger charge is 2.35. The van der Waals surface area contributed by atoms with Crippen LogP contribution in [0, 0.1) is 0 Å². The molecular weight excluding hydrogens is 314 g/mol. The predicted molar refractivity (Wildman–Crippen MR) is 110 cm³/mol. The Bertz CT molecular complexity index is 875. The van der Waals surface area contributed by atoms with Crippen molar-refractivity contribution in [3.63, 3.8) is 0 Å². The fourth-order valence-corrected chi connectivity index (χ4v) is 4.11. The van der Waals surface area contributed by atoms with Crippen molar-refractivity contribution in [2.75, 3.05) is 0 Å². The van der Waals surface area contributed by atoms with Crippen molar-refractivity contribution in [3.05, 3.63) is 95.6 Å². The van der Waals surface area contributed by atoms with Crippen LogP contribution in [-0.4, -0.2) is 5.54 Å². The van der Waals surface area contributed by atoms with Crippen LogP contribution in [0.3, 0.4) is 0 Å². The fourth-order valence-electron chi connectivity index (χ4n) is 4.11. The standard InChI is InChI=1S/C25H27N/c1-25(2,3)26-24-22(19-12-8-5-9-13-19)17-21-15-14-20(16-23(21)24)18-10-6-4-7-11-18/h4-16,22,24,26H,17H2,1-3H3/t22-,24+/m1/s1. The molecule has 3 aromatic carbocycles. The van der Waals surface area contributed by atoms with Gasteiger partial charge in [-0.05, 0) is 61.1 Å². The van der Waals surface area contributed by atoms with Crippen molar-refractivity contribution in [1.29, 1.82) is 0 Å². The molecule has 0 saturated heterocycles. The molecule has 1 aliphatic carbocycles. The van der Waals surface area contributed by atoms with Gasteiger partial charge in [-0.1, -0.05) is 72.8 Å². The summed E-state index contributed by atoms with van der Waals surface area (Å²) < 4.78 is 0. The van der Waals surface area contributed by atoms with E-state index < -0.39 is 0 Å². The van der Waals surface area contributed by atoms with E-state index >= 15 is 0 Å². The maximum absolute atomic E-state index is 3.90. The number of hydrogen-bond donors (Lipinski definition) is 1. The van der Waals surface area contributed by atoms with Crippen LogP contribution in [0.1, 0.15) is 49.4 Å². The molecule has 4 rings (SSSR count). The van der Waals surface area contributed by atoms with E-state index in [1.807, 2.05) is 0 Å². The van der Waals surface area contributed by atoms with Crippen LogP contribution >= 0.6 is 0 Å². The van der Waals surface area contributed by atoms with Crippen molar-refractivity contribution in [2.24, 2.45) is 0 Å². The number of benzene rings is 3. The van der Waals surface area contributed by atoms with Crippen molar-refractivity contribution in [2.45, 2.75) is 44.7 Å². The molecule has 26 heavy (non-hydrogen) atoms. The summed E-state index contributed by atoms with van der Waals surface area (Å²) in [5, 5.41) is 3.90. The normalized spacial score (nSPS) is 19.3. The van der Waals surface area contributed by atoms with Gasteiger partial charge < -0.3 is 5.32 Å². The maximum Gasteiger partial charge on any atom is 0.0399 e.